The molecule has 1 heterocycles. The first-order chi connectivity index (χ1) is 5.25. The summed E-state index contributed by atoms with van der Waals surface area (Å²) in [5, 5.41) is 1.74. The van der Waals surface area contributed by atoms with Gasteiger partial charge in [-0.2, -0.15) is 4.37 Å². The number of carbonyl (C=O) groups excluding carboxylic acids is 1. The van der Waals surface area contributed by atoms with Gasteiger partial charge in [-0.15, -0.1) is 0 Å². The number of hydrogen-bond donors (Lipinski definition) is 0. The van der Waals surface area contributed by atoms with Gasteiger partial charge in [-0.1, -0.05) is 0 Å². The number of ether oxygens (including phenoxy) is 1. The maximum atomic E-state index is 11.0. The Morgan fingerprint density at radius 1 is 1.91 bits per heavy atom. The van der Waals surface area contributed by atoms with Gasteiger partial charge in [-0.05, 0) is 34.4 Å². The van der Waals surface area contributed by atoms with Crippen LogP contribution < -0.4 is 0 Å². The van der Waals surface area contributed by atoms with Gasteiger partial charge < -0.3 is 4.74 Å². The normalized spacial score (nSPS) is 9.64. The maximum Gasteiger partial charge on any atom is 0.359 e. The first-order valence-electron chi connectivity index (χ1n) is 3.02. The molecule has 0 radical (unpaired) electrons. The van der Waals surface area contributed by atoms with E-state index in [4.69, 9.17) is 4.74 Å². The maximum absolute atomic E-state index is 11.0. The number of esters is 1. The van der Waals surface area contributed by atoms with E-state index in [0.29, 0.717) is 16.8 Å². The van der Waals surface area contributed by atoms with E-state index < -0.39 is 0 Å². The van der Waals surface area contributed by atoms with Gasteiger partial charge in [0.1, 0.15) is 0 Å². The van der Waals surface area contributed by atoms with Crippen molar-refractivity contribution >= 4 is 33.4 Å². The molecule has 0 N–H and O–H groups in total. The predicted molar refractivity (Wildman–Crippen MR) is 45.8 cm³/mol. The fourth-order valence-electron chi connectivity index (χ4n) is 0.559. The standard InChI is InChI=1S/C6H6BrNO2S/c1-2-10-6(9)5-4(7)3-11-8-5/h3H,2H2,1H3. The van der Waals surface area contributed by atoms with Crippen molar-refractivity contribution in [3.63, 3.8) is 0 Å². The molecule has 0 fully saturated rings. The minimum atomic E-state index is -0.374. The molecule has 0 aliphatic heterocycles. The molecule has 0 amide bonds. The van der Waals surface area contributed by atoms with Crippen molar-refractivity contribution in [2.24, 2.45) is 0 Å². The number of aromatic nitrogens is 1. The first kappa shape index (κ1) is 8.67. The lowest BCUT2D eigenvalue weighted by Crippen LogP contribution is -2.05. The Morgan fingerprint density at radius 2 is 2.64 bits per heavy atom. The minimum absolute atomic E-state index is 0.358. The molecule has 1 aromatic rings. The molecule has 3 nitrogen and oxygen atoms in total. The van der Waals surface area contributed by atoms with Gasteiger partial charge in [0.15, 0.2) is 5.69 Å². The zero-order chi connectivity index (χ0) is 8.27. The summed E-state index contributed by atoms with van der Waals surface area (Å²) >= 11 is 4.41. The van der Waals surface area contributed by atoms with Crippen LogP contribution in [0.2, 0.25) is 0 Å². The zero-order valence-electron chi connectivity index (χ0n) is 5.83. The van der Waals surface area contributed by atoms with Crippen molar-refractivity contribution in [1.82, 2.24) is 4.37 Å². The molecule has 0 aliphatic rings. The summed E-state index contributed by atoms with van der Waals surface area (Å²) in [7, 11) is 0. The molecule has 0 saturated heterocycles. The van der Waals surface area contributed by atoms with Crippen LogP contribution in [0.15, 0.2) is 9.85 Å². The van der Waals surface area contributed by atoms with Crippen molar-refractivity contribution in [2.45, 2.75) is 6.92 Å². The zero-order valence-corrected chi connectivity index (χ0v) is 8.24. The van der Waals surface area contributed by atoms with E-state index in [9.17, 15) is 4.79 Å². The molecule has 0 aromatic carbocycles. The lowest BCUT2D eigenvalue weighted by Gasteiger charge is -1.96. The van der Waals surface area contributed by atoms with Crippen LogP contribution in [-0.2, 0) is 4.74 Å². The Balaban J connectivity index is 2.76. The van der Waals surface area contributed by atoms with Crippen LogP contribution in [0.5, 0.6) is 0 Å². The second-order valence-electron chi connectivity index (χ2n) is 1.73. The highest BCUT2D eigenvalue weighted by Gasteiger charge is 2.12. The molecule has 0 spiro atoms. The van der Waals surface area contributed by atoms with Gasteiger partial charge in [-0.25, -0.2) is 4.79 Å². The van der Waals surface area contributed by atoms with E-state index >= 15 is 0 Å². The molecule has 0 aliphatic carbocycles. The quantitative estimate of drug-likeness (QED) is 0.738. The lowest BCUT2D eigenvalue weighted by molar-refractivity contribution is 0.0520. The number of halogens is 1. The summed E-state index contributed by atoms with van der Waals surface area (Å²) in [5.41, 5.74) is 0.358. The van der Waals surface area contributed by atoms with E-state index in [0.717, 1.165) is 0 Å². The summed E-state index contributed by atoms with van der Waals surface area (Å²) in [4.78, 5) is 11.0. The van der Waals surface area contributed by atoms with Gasteiger partial charge in [0.2, 0.25) is 0 Å². The van der Waals surface area contributed by atoms with Crippen LogP contribution in [0.3, 0.4) is 0 Å². The number of carbonyl (C=O) groups is 1. The van der Waals surface area contributed by atoms with E-state index in [1.807, 2.05) is 0 Å². The molecular formula is C6H6BrNO2S. The molecule has 11 heavy (non-hydrogen) atoms. The van der Waals surface area contributed by atoms with Gasteiger partial charge in [0.25, 0.3) is 0 Å². The van der Waals surface area contributed by atoms with Crippen molar-refractivity contribution in [3.05, 3.63) is 15.5 Å². The Kier molecular flexibility index (Phi) is 3.02. The Labute approximate surface area is 76.7 Å². The third-order valence-corrected chi connectivity index (χ3v) is 2.53. The van der Waals surface area contributed by atoms with Crippen LogP contribution in [0.4, 0.5) is 0 Å². The minimum Gasteiger partial charge on any atom is -0.461 e. The molecule has 0 saturated carbocycles. The van der Waals surface area contributed by atoms with E-state index in [1.165, 1.54) is 11.5 Å². The predicted octanol–water partition coefficient (Wildman–Crippen LogP) is 2.08. The number of nitrogens with zero attached hydrogens (tertiary/aromatic N) is 1. The molecule has 0 unspecified atom stereocenters. The Bertz CT molecular complexity index is 261. The van der Waals surface area contributed by atoms with E-state index in [1.54, 1.807) is 12.3 Å². The average Bonchev–Trinajstić information content (AvgIpc) is 2.36. The molecule has 0 bridgehead atoms. The van der Waals surface area contributed by atoms with Crippen LogP contribution >= 0.6 is 27.5 Å². The SMILES string of the molecule is CCOC(=O)c1nscc1Br. The van der Waals surface area contributed by atoms with Crippen molar-refractivity contribution in [2.75, 3.05) is 6.61 Å². The molecule has 60 valence electrons. The summed E-state index contributed by atoms with van der Waals surface area (Å²) in [5.74, 6) is -0.374. The van der Waals surface area contributed by atoms with Gasteiger partial charge >= 0.3 is 5.97 Å². The van der Waals surface area contributed by atoms with E-state index in [2.05, 4.69) is 20.3 Å². The fourth-order valence-corrected chi connectivity index (χ4v) is 1.71. The third-order valence-electron chi connectivity index (χ3n) is 0.995. The van der Waals surface area contributed by atoms with Gasteiger partial charge in [0, 0.05) is 5.38 Å². The van der Waals surface area contributed by atoms with Crippen LogP contribution in [0, 0.1) is 0 Å². The summed E-state index contributed by atoms with van der Waals surface area (Å²) in [6.07, 6.45) is 0. The Morgan fingerprint density at radius 3 is 3.09 bits per heavy atom. The highest BCUT2D eigenvalue weighted by molar-refractivity contribution is 9.10. The van der Waals surface area contributed by atoms with E-state index in [-0.39, 0.29) is 5.97 Å². The van der Waals surface area contributed by atoms with Gasteiger partial charge in [-0.3, -0.25) is 0 Å². The molecule has 5 heteroatoms. The van der Waals surface area contributed by atoms with Crippen molar-refractivity contribution in [1.29, 1.82) is 0 Å². The van der Waals surface area contributed by atoms with Crippen LogP contribution in [0.25, 0.3) is 0 Å². The fraction of sp³-hybridized carbons (Fsp3) is 0.333. The van der Waals surface area contributed by atoms with Crippen molar-refractivity contribution < 1.29 is 9.53 Å². The van der Waals surface area contributed by atoms with Crippen LogP contribution in [0.1, 0.15) is 17.4 Å². The lowest BCUT2D eigenvalue weighted by atomic mass is 10.4. The number of rotatable bonds is 2. The molecule has 1 rings (SSSR count). The smallest absolute Gasteiger partial charge is 0.359 e. The number of hydrogen-bond acceptors (Lipinski definition) is 4. The average molecular weight is 236 g/mol. The third kappa shape index (κ3) is 2.00. The summed E-state index contributed by atoms with van der Waals surface area (Å²) in [6, 6.07) is 0. The molecule has 1 aromatic heterocycles. The highest BCUT2D eigenvalue weighted by atomic mass is 79.9. The topological polar surface area (TPSA) is 39.2 Å². The highest BCUT2D eigenvalue weighted by Crippen LogP contribution is 2.18. The first-order valence-corrected chi connectivity index (χ1v) is 4.65. The second kappa shape index (κ2) is 3.82. The summed E-state index contributed by atoms with van der Waals surface area (Å²) < 4.78 is 9.29. The summed E-state index contributed by atoms with van der Waals surface area (Å²) in [6.45, 7) is 2.14. The molecular weight excluding hydrogens is 230 g/mol. The Hall–Kier alpha value is -0.420. The second-order valence-corrected chi connectivity index (χ2v) is 3.21. The van der Waals surface area contributed by atoms with Gasteiger partial charge in [0.05, 0.1) is 11.1 Å². The van der Waals surface area contributed by atoms with Crippen LogP contribution in [-0.4, -0.2) is 16.9 Å². The monoisotopic (exact) mass is 235 g/mol. The molecule has 0 atom stereocenters. The van der Waals surface area contributed by atoms with Crippen molar-refractivity contribution in [3.8, 4) is 0 Å². The largest absolute Gasteiger partial charge is 0.461 e.